The van der Waals surface area contributed by atoms with Gasteiger partial charge in [0.15, 0.2) is 0 Å². The first-order valence-electron chi connectivity index (χ1n) is 5.01. The van der Waals surface area contributed by atoms with Crippen molar-refractivity contribution >= 4 is 12.0 Å². The molecule has 1 saturated heterocycles. The molecule has 1 aliphatic rings. The molecule has 16 heavy (non-hydrogen) atoms. The van der Waals surface area contributed by atoms with Crippen molar-refractivity contribution in [3.8, 4) is 0 Å². The Morgan fingerprint density at radius 1 is 1.62 bits per heavy atom. The number of likely N-dealkylation sites (tertiary alicyclic amines) is 1. The number of carbonyl (C=O) groups is 2. The molecule has 6 heteroatoms. The Kier molecular flexibility index (Phi) is 3.89. The van der Waals surface area contributed by atoms with Crippen molar-refractivity contribution in [1.82, 2.24) is 9.80 Å². The summed E-state index contributed by atoms with van der Waals surface area (Å²) in [6.45, 7) is 3.91. The lowest BCUT2D eigenvalue weighted by molar-refractivity contribution is -0.141. The van der Waals surface area contributed by atoms with E-state index in [0.717, 1.165) is 0 Å². The van der Waals surface area contributed by atoms with Gasteiger partial charge in [0.05, 0.1) is 6.10 Å². The molecule has 6 nitrogen and oxygen atoms in total. The van der Waals surface area contributed by atoms with Crippen LogP contribution in [-0.2, 0) is 4.79 Å². The monoisotopic (exact) mass is 228 g/mol. The van der Waals surface area contributed by atoms with Crippen molar-refractivity contribution in [3.63, 3.8) is 0 Å². The van der Waals surface area contributed by atoms with E-state index >= 15 is 0 Å². The molecule has 0 aromatic rings. The van der Waals surface area contributed by atoms with E-state index in [1.807, 2.05) is 0 Å². The Labute approximate surface area is 93.8 Å². The van der Waals surface area contributed by atoms with Crippen LogP contribution in [0.15, 0.2) is 12.7 Å². The molecule has 90 valence electrons. The molecule has 0 aliphatic carbocycles. The van der Waals surface area contributed by atoms with Gasteiger partial charge < -0.3 is 20.0 Å². The molecular weight excluding hydrogens is 212 g/mol. The highest BCUT2D eigenvalue weighted by atomic mass is 16.4. The smallest absolute Gasteiger partial charge is 0.326 e. The number of nitrogens with zero attached hydrogens (tertiary/aromatic N) is 2. The molecule has 2 N–H and O–H groups in total. The average molecular weight is 228 g/mol. The summed E-state index contributed by atoms with van der Waals surface area (Å²) >= 11 is 0. The van der Waals surface area contributed by atoms with Crippen LogP contribution in [0.4, 0.5) is 4.79 Å². The van der Waals surface area contributed by atoms with E-state index in [1.54, 1.807) is 13.1 Å². The van der Waals surface area contributed by atoms with Crippen LogP contribution < -0.4 is 0 Å². The van der Waals surface area contributed by atoms with Crippen LogP contribution >= 0.6 is 0 Å². The minimum atomic E-state index is -1.09. The number of urea groups is 1. The van der Waals surface area contributed by atoms with Gasteiger partial charge in [-0.1, -0.05) is 6.08 Å². The normalized spacial score (nSPS) is 24.2. The van der Waals surface area contributed by atoms with E-state index in [-0.39, 0.29) is 13.0 Å². The number of β-amino-alcohol motifs (C(OH)–C–C–N with tert-alkyl or cyclic N) is 1. The van der Waals surface area contributed by atoms with Gasteiger partial charge in [-0.15, -0.1) is 6.58 Å². The van der Waals surface area contributed by atoms with Crippen molar-refractivity contribution < 1.29 is 19.8 Å². The van der Waals surface area contributed by atoms with Crippen molar-refractivity contribution in [2.75, 3.05) is 20.1 Å². The van der Waals surface area contributed by atoms with Crippen molar-refractivity contribution in [1.29, 1.82) is 0 Å². The Morgan fingerprint density at radius 2 is 2.25 bits per heavy atom. The summed E-state index contributed by atoms with van der Waals surface area (Å²) in [5.74, 6) is -1.09. The summed E-state index contributed by atoms with van der Waals surface area (Å²) in [7, 11) is 1.56. The first kappa shape index (κ1) is 12.5. The number of likely N-dealkylation sites (N-methyl/N-ethyl adjacent to an activating group) is 1. The number of aliphatic hydroxyl groups excluding tert-OH is 1. The largest absolute Gasteiger partial charge is 0.480 e. The Hall–Kier alpha value is -1.56. The van der Waals surface area contributed by atoms with E-state index < -0.39 is 24.1 Å². The molecule has 1 heterocycles. The average Bonchev–Trinajstić information content (AvgIpc) is 2.59. The molecule has 0 spiro atoms. The zero-order chi connectivity index (χ0) is 12.3. The topological polar surface area (TPSA) is 81.1 Å². The SMILES string of the molecule is C=CCN(C)C(=O)N1C[C@@H](O)C[C@H]1C(=O)O. The molecule has 0 unspecified atom stereocenters. The van der Waals surface area contributed by atoms with Crippen LogP contribution in [0, 0.1) is 0 Å². The predicted octanol–water partition coefficient (Wildman–Crippen LogP) is -0.256. The highest BCUT2D eigenvalue weighted by Gasteiger charge is 2.39. The summed E-state index contributed by atoms with van der Waals surface area (Å²) in [6, 6.07) is -1.33. The lowest BCUT2D eigenvalue weighted by Crippen LogP contribution is -2.46. The molecule has 0 saturated carbocycles. The molecule has 0 radical (unpaired) electrons. The first-order chi connectivity index (χ1) is 7.47. The number of aliphatic hydroxyl groups is 1. The number of aliphatic carboxylic acids is 1. The number of carboxylic acids is 1. The zero-order valence-corrected chi connectivity index (χ0v) is 9.17. The highest BCUT2D eigenvalue weighted by Crippen LogP contribution is 2.19. The second-order valence-electron chi connectivity index (χ2n) is 3.85. The van der Waals surface area contributed by atoms with Gasteiger partial charge in [0, 0.05) is 26.6 Å². The lowest BCUT2D eigenvalue weighted by atomic mass is 10.2. The van der Waals surface area contributed by atoms with Crippen LogP contribution in [-0.4, -0.2) is 64.3 Å². The zero-order valence-electron chi connectivity index (χ0n) is 9.17. The highest BCUT2D eigenvalue weighted by molar-refractivity contribution is 5.83. The maximum Gasteiger partial charge on any atom is 0.326 e. The molecule has 1 fully saturated rings. The van der Waals surface area contributed by atoms with Gasteiger partial charge in [-0.2, -0.15) is 0 Å². The number of rotatable bonds is 3. The number of carboxylic acid groups (broad SMARTS) is 1. The summed E-state index contributed by atoms with van der Waals surface area (Å²) in [5, 5.41) is 18.3. The van der Waals surface area contributed by atoms with Crippen molar-refractivity contribution in [2.45, 2.75) is 18.6 Å². The number of hydrogen-bond donors (Lipinski definition) is 2. The van der Waals surface area contributed by atoms with Gasteiger partial charge in [0.1, 0.15) is 6.04 Å². The maximum atomic E-state index is 11.8. The summed E-state index contributed by atoms with van der Waals surface area (Å²) < 4.78 is 0. The molecule has 0 aromatic heterocycles. The van der Waals surface area contributed by atoms with Gasteiger partial charge in [0.25, 0.3) is 0 Å². The standard InChI is InChI=1S/C10H16N2O4/c1-3-4-11(2)10(16)12-6-7(13)5-8(12)9(14)15/h3,7-8,13H,1,4-6H2,2H3,(H,14,15)/t7-,8-/m0/s1. The summed E-state index contributed by atoms with van der Waals surface area (Å²) in [4.78, 5) is 25.3. The first-order valence-corrected chi connectivity index (χ1v) is 5.01. The fourth-order valence-corrected chi connectivity index (χ4v) is 1.75. The molecular formula is C10H16N2O4. The van der Waals surface area contributed by atoms with Crippen LogP contribution in [0.1, 0.15) is 6.42 Å². The Morgan fingerprint density at radius 3 is 2.75 bits per heavy atom. The molecule has 0 aromatic carbocycles. The van der Waals surface area contributed by atoms with Crippen LogP contribution in [0.5, 0.6) is 0 Å². The minimum Gasteiger partial charge on any atom is -0.480 e. The molecule has 2 atom stereocenters. The van der Waals surface area contributed by atoms with Crippen LogP contribution in [0.25, 0.3) is 0 Å². The van der Waals surface area contributed by atoms with E-state index in [9.17, 15) is 14.7 Å². The van der Waals surface area contributed by atoms with Gasteiger partial charge in [-0.3, -0.25) is 0 Å². The van der Waals surface area contributed by atoms with Crippen LogP contribution in [0.2, 0.25) is 0 Å². The summed E-state index contributed by atoms with van der Waals surface area (Å²) in [5.41, 5.74) is 0. The van der Waals surface area contributed by atoms with E-state index in [2.05, 4.69) is 6.58 Å². The van der Waals surface area contributed by atoms with E-state index in [0.29, 0.717) is 6.54 Å². The number of carbonyl (C=O) groups excluding carboxylic acids is 1. The third-order valence-electron chi connectivity index (χ3n) is 2.54. The molecule has 0 bridgehead atoms. The third-order valence-corrected chi connectivity index (χ3v) is 2.54. The predicted molar refractivity (Wildman–Crippen MR) is 57.0 cm³/mol. The third kappa shape index (κ3) is 2.52. The van der Waals surface area contributed by atoms with Crippen LogP contribution in [0.3, 0.4) is 0 Å². The van der Waals surface area contributed by atoms with Gasteiger partial charge in [-0.05, 0) is 0 Å². The second-order valence-corrected chi connectivity index (χ2v) is 3.85. The maximum absolute atomic E-state index is 11.8. The Bertz CT molecular complexity index is 305. The number of hydrogen-bond acceptors (Lipinski definition) is 3. The second kappa shape index (κ2) is 4.98. The van der Waals surface area contributed by atoms with E-state index in [1.165, 1.54) is 9.80 Å². The quantitative estimate of drug-likeness (QED) is 0.652. The van der Waals surface area contributed by atoms with Crippen molar-refractivity contribution in [2.24, 2.45) is 0 Å². The van der Waals surface area contributed by atoms with Gasteiger partial charge >= 0.3 is 12.0 Å². The fraction of sp³-hybridized carbons (Fsp3) is 0.600. The van der Waals surface area contributed by atoms with E-state index in [4.69, 9.17) is 5.11 Å². The Balaban J connectivity index is 2.73. The summed E-state index contributed by atoms with van der Waals surface area (Å²) in [6.07, 6.45) is 0.880. The van der Waals surface area contributed by atoms with Gasteiger partial charge in [0.2, 0.25) is 0 Å². The van der Waals surface area contributed by atoms with Crippen molar-refractivity contribution in [3.05, 3.63) is 12.7 Å². The lowest BCUT2D eigenvalue weighted by Gasteiger charge is -2.26. The fourth-order valence-electron chi connectivity index (χ4n) is 1.75. The molecule has 1 rings (SSSR count). The number of amides is 2. The molecule has 1 aliphatic heterocycles. The molecule has 2 amide bonds. The van der Waals surface area contributed by atoms with Gasteiger partial charge in [-0.25, -0.2) is 9.59 Å². The minimum absolute atomic E-state index is 0.0667.